The molecule has 0 radical (unpaired) electrons. The Bertz CT molecular complexity index is 526. The zero-order chi connectivity index (χ0) is 11.7. The first-order valence-electron chi connectivity index (χ1n) is 5.98. The van der Waals surface area contributed by atoms with Gasteiger partial charge < -0.3 is 10.2 Å². The van der Waals surface area contributed by atoms with Crippen molar-refractivity contribution in [2.75, 3.05) is 25.5 Å². The van der Waals surface area contributed by atoms with E-state index in [9.17, 15) is 0 Å². The third kappa shape index (κ3) is 2.22. The van der Waals surface area contributed by atoms with E-state index in [4.69, 9.17) is 0 Å². The van der Waals surface area contributed by atoms with E-state index in [-0.39, 0.29) is 0 Å². The average Bonchev–Trinajstić information content (AvgIpc) is 2.75. The fourth-order valence-electron chi connectivity index (χ4n) is 2.28. The van der Waals surface area contributed by atoms with Gasteiger partial charge in [-0.25, -0.2) is 9.97 Å². The Morgan fingerprint density at radius 1 is 1.35 bits per heavy atom. The lowest BCUT2D eigenvalue weighted by Gasteiger charge is -2.12. The maximum Gasteiger partial charge on any atom is 0.223 e. The summed E-state index contributed by atoms with van der Waals surface area (Å²) in [7, 11) is 2.14. The SMILES string of the molecule is CN1CCC(Nc2ncc3ccccc3n2)C1. The number of hydrogen-bond donors (Lipinski definition) is 1. The van der Waals surface area contributed by atoms with Crippen LogP contribution in [-0.4, -0.2) is 41.0 Å². The van der Waals surface area contributed by atoms with Gasteiger partial charge in [0.1, 0.15) is 0 Å². The molecule has 4 heteroatoms. The summed E-state index contributed by atoms with van der Waals surface area (Å²) in [5.41, 5.74) is 0.997. The highest BCUT2D eigenvalue weighted by atomic mass is 15.2. The molecule has 0 saturated carbocycles. The molecule has 1 fully saturated rings. The number of anilines is 1. The molecule has 0 spiro atoms. The van der Waals surface area contributed by atoms with E-state index in [1.807, 2.05) is 30.5 Å². The van der Waals surface area contributed by atoms with Crippen LogP contribution in [0.15, 0.2) is 30.5 Å². The van der Waals surface area contributed by atoms with Crippen molar-refractivity contribution in [2.45, 2.75) is 12.5 Å². The zero-order valence-electron chi connectivity index (χ0n) is 9.93. The van der Waals surface area contributed by atoms with Gasteiger partial charge in [0.15, 0.2) is 0 Å². The molecule has 2 heterocycles. The standard InChI is InChI=1S/C13H16N4/c1-17-7-6-11(9-17)15-13-14-8-10-4-2-3-5-12(10)16-13/h2-5,8,11H,6-7,9H2,1H3,(H,14,15,16). The predicted octanol–water partition coefficient (Wildman–Crippen LogP) is 1.75. The Kier molecular flexibility index (Phi) is 2.65. The monoisotopic (exact) mass is 228 g/mol. The molecule has 1 unspecified atom stereocenters. The molecule has 1 aliphatic heterocycles. The maximum absolute atomic E-state index is 4.52. The second-order valence-electron chi connectivity index (χ2n) is 4.64. The van der Waals surface area contributed by atoms with Crippen LogP contribution >= 0.6 is 0 Å². The van der Waals surface area contributed by atoms with Crippen molar-refractivity contribution in [3.8, 4) is 0 Å². The number of hydrogen-bond acceptors (Lipinski definition) is 4. The summed E-state index contributed by atoms with van der Waals surface area (Å²) >= 11 is 0. The normalized spacial score (nSPS) is 20.9. The number of likely N-dealkylation sites (N-methyl/N-ethyl adjacent to an activating group) is 1. The van der Waals surface area contributed by atoms with Gasteiger partial charge in [0.25, 0.3) is 0 Å². The van der Waals surface area contributed by atoms with E-state index in [2.05, 4.69) is 27.2 Å². The summed E-state index contributed by atoms with van der Waals surface area (Å²) in [6.45, 7) is 2.21. The third-order valence-corrected chi connectivity index (χ3v) is 3.21. The second-order valence-corrected chi connectivity index (χ2v) is 4.64. The minimum atomic E-state index is 0.473. The molecule has 2 aromatic rings. The van der Waals surface area contributed by atoms with Crippen molar-refractivity contribution in [1.29, 1.82) is 0 Å². The van der Waals surface area contributed by atoms with E-state index in [0.717, 1.165) is 36.4 Å². The first kappa shape index (κ1) is 10.5. The largest absolute Gasteiger partial charge is 0.350 e. The topological polar surface area (TPSA) is 41.0 Å². The molecule has 17 heavy (non-hydrogen) atoms. The van der Waals surface area contributed by atoms with Gasteiger partial charge in [-0.3, -0.25) is 0 Å². The number of fused-ring (bicyclic) bond motifs is 1. The molecule has 1 atom stereocenters. The molecule has 4 nitrogen and oxygen atoms in total. The first-order valence-corrected chi connectivity index (χ1v) is 5.98. The van der Waals surface area contributed by atoms with E-state index < -0.39 is 0 Å². The number of aromatic nitrogens is 2. The molecule has 1 N–H and O–H groups in total. The molecule has 1 saturated heterocycles. The van der Waals surface area contributed by atoms with Gasteiger partial charge in [0.2, 0.25) is 5.95 Å². The lowest BCUT2D eigenvalue weighted by molar-refractivity contribution is 0.414. The summed E-state index contributed by atoms with van der Waals surface area (Å²) < 4.78 is 0. The van der Waals surface area contributed by atoms with Crippen LogP contribution in [0.25, 0.3) is 10.9 Å². The predicted molar refractivity (Wildman–Crippen MR) is 69.1 cm³/mol. The molecule has 1 aliphatic rings. The van der Waals surface area contributed by atoms with Crippen LogP contribution in [0.1, 0.15) is 6.42 Å². The summed E-state index contributed by atoms with van der Waals surface area (Å²) in [6, 6.07) is 8.53. The number of rotatable bonds is 2. The Morgan fingerprint density at radius 3 is 3.06 bits per heavy atom. The van der Waals surface area contributed by atoms with Crippen LogP contribution in [0, 0.1) is 0 Å². The second kappa shape index (κ2) is 4.30. The van der Waals surface area contributed by atoms with Gasteiger partial charge in [0.05, 0.1) is 5.52 Å². The van der Waals surface area contributed by atoms with Crippen molar-refractivity contribution < 1.29 is 0 Å². The van der Waals surface area contributed by atoms with E-state index in [1.165, 1.54) is 0 Å². The minimum Gasteiger partial charge on any atom is -0.350 e. The fraction of sp³-hybridized carbons (Fsp3) is 0.385. The lowest BCUT2D eigenvalue weighted by Crippen LogP contribution is -2.24. The van der Waals surface area contributed by atoms with Gasteiger partial charge in [-0.05, 0) is 26.1 Å². The van der Waals surface area contributed by atoms with Crippen molar-refractivity contribution in [3.63, 3.8) is 0 Å². The van der Waals surface area contributed by atoms with Gasteiger partial charge in [-0.15, -0.1) is 0 Å². The zero-order valence-corrected chi connectivity index (χ0v) is 9.93. The molecular formula is C13H16N4. The van der Waals surface area contributed by atoms with E-state index in [1.54, 1.807) is 0 Å². The summed E-state index contributed by atoms with van der Waals surface area (Å²) in [5, 5.41) is 4.48. The lowest BCUT2D eigenvalue weighted by atomic mass is 10.2. The van der Waals surface area contributed by atoms with Crippen LogP contribution in [0.2, 0.25) is 0 Å². The summed E-state index contributed by atoms with van der Waals surface area (Å²) in [5.74, 6) is 0.740. The number of benzene rings is 1. The highest BCUT2D eigenvalue weighted by molar-refractivity contribution is 5.78. The minimum absolute atomic E-state index is 0.473. The number of nitrogens with zero attached hydrogens (tertiary/aromatic N) is 3. The van der Waals surface area contributed by atoms with Crippen LogP contribution in [0.4, 0.5) is 5.95 Å². The van der Waals surface area contributed by atoms with Crippen LogP contribution in [0.5, 0.6) is 0 Å². The highest BCUT2D eigenvalue weighted by Crippen LogP contribution is 2.15. The van der Waals surface area contributed by atoms with E-state index in [0.29, 0.717) is 6.04 Å². The highest BCUT2D eigenvalue weighted by Gasteiger charge is 2.19. The Morgan fingerprint density at radius 2 is 2.24 bits per heavy atom. The summed E-state index contributed by atoms with van der Waals surface area (Å²) in [6.07, 6.45) is 3.04. The Balaban J connectivity index is 1.81. The molecule has 0 amide bonds. The molecular weight excluding hydrogens is 212 g/mol. The molecule has 0 aliphatic carbocycles. The number of para-hydroxylation sites is 1. The Hall–Kier alpha value is -1.68. The molecule has 3 rings (SSSR count). The van der Waals surface area contributed by atoms with Crippen molar-refractivity contribution in [1.82, 2.24) is 14.9 Å². The molecule has 88 valence electrons. The average molecular weight is 228 g/mol. The molecule has 1 aromatic heterocycles. The van der Waals surface area contributed by atoms with Crippen molar-refractivity contribution in [3.05, 3.63) is 30.5 Å². The van der Waals surface area contributed by atoms with Gasteiger partial charge in [-0.2, -0.15) is 0 Å². The van der Waals surface area contributed by atoms with Gasteiger partial charge >= 0.3 is 0 Å². The van der Waals surface area contributed by atoms with Crippen LogP contribution in [0.3, 0.4) is 0 Å². The van der Waals surface area contributed by atoms with Crippen LogP contribution in [-0.2, 0) is 0 Å². The van der Waals surface area contributed by atoms with Crippen LogP contribution < -0.4 is 5.32 Å². The van der Waals surface area contributed by atoms with Crippen molar-refractivity contribution in [2.24, 2.45) is 0 Å². The van der Waals surface area contributed by atoms with E-state index >= 15 is 0 Å². The maximum atomic E-state index is 4.52. The quantitative estimate of drug-likeness (QED) is 0.850. The summed E-state index contributed by atoms with van der Waals surface area (Å²) in [4.78, 5) is 11.2. The Labute approximate surface area is 101 Å². The molecule has 0 bridgehead atoms. The molecule has 1 aromatic carbocycles. The third-order valence-electron chi connectivity index (χ3n) is 3.21. The van der Waals surface area contributed by atoms with Crippen molar-refractivity contribution >= 4 is 16.9 Å². The number of nitrogens with one attached hydrogen (secondary N) is 1. The van der Waals surface area contributed by atoms with Gasteiger partial charge in [-0.1, -0.05) is 18.2 Å². The number of likely N-dealkylation sites (tertiary alicyclic amines) is 1. The first-order chi connectivity index (χ1) is 8.31. The van der Waals surface area contributed by atoms with Gasteiger partial charge in [0, 0.05) is 24.2 Å². The smallest absolute Gasteiger partial charge is 0.223 e. The fourth-order valence-corrected chi connectivity index (χ4v) is 2.28.